The van der Waals surface area contributed by atoms with Gasteiger partial charge in [0.1, 0.15) is 5.76 Å². The highest BCUT2D eigenvalue weighted by molar-refractivity contribution is 6.33. The fourth-order valence-corrected chi connectivity index (χ4v) is 2.35. The van der Waals surface area contributed by atoms with Crippen molar-refractivity contribution in [1.29, 1.82) is 0 Å². The normalized spacial score (nSPS) is 10.6. The maximum absolute atomic E-state index is 11.5. The standard InChI is InChI=1S/C15H15ClNO2/c1-8-5-6-13(12(16)7-8)17-15-9(2)14(10(3)18)11(4)19-15/h5-7H,1-4H3. The van der Waals surface area contributed by atoms with Crippen LogP contribution in [0.3, 0.4) is 0 Å². The van der Waals surface area contributed by atoms with E-state index in [9.17, 15) is 4.79 Å². The molecule has 0 amide bonds. The molecular weight excluding hydrogens is 262 g/mol. The Hall–Kier alpha value is -1.74. The first-order valence-corrected chi connectivity index (χ1v) is 6.36. The number of carbonyl (C=O) groups is 1. The number of Topliss-reactive ketones (excluding diaryl/α,β-unsaturated/α-hetero) is 1. The summed E-state index contributed by atoms with van der Waals surface area (Å²) in [5, 5.41) is 4.96. The van der Waals surface area contributed by atoms with Crippen molar-refractivity contribution >= 4 is 29.0 Å². The van der Waals surface area contributed by atoms with Gasteiger partial charge < -0.3 is 4.42 Å². The van der Waals surface area contributed by atoms with Crippen molar-refractivity contribution in [1.82, 2.24) is 5.32 Å². The summed E-state index contributed by atoms with van der Waals surface area (Å²) in [4.78, 5) is 11.5. The van der Waals surface area contributed by atoms with Crippen LogP contribution in [0, 0.1) is 20.8 Å². The Morgan fingerprint density at radius 3 is 2.47 bits per heavy atom. The molecule has 0 aliphatic heterocycles. The van der Waals surface area contributed by atoms with E-state index in [-0.39, 0.29) is 5.78 Å². The van der Waals surface area contributed by atoms with Gasteiger partial charge in [-0.25, -0.2) is 5.32 Å². The molecule has 19 heavy (non-hydrogen) atoms. The highest BCUT2D eigenvalue weighted by Crippen LogP contribution is 2.32. The molecule has 0 fully saturated rings. The zero-order valence-corrected chi connectivity index (χ0v) is 12.1. The molecule has 0 saturated heterocycles. The van der Waals surface area contributed by atoms with Crippen LogP contribution in [0.4, 0.5) is 11.6 Å². The van der Waals surface area contributed by atoms with Gasteiger partial charge in [-0.1, -0.05) is 17.7 Å². The van der Waals surface area contributed by atoms with E-state index in [1.54, 1.807) is 6.92 Å². The number of halogens is 1. The van der Waals surface area contributed by atoms with E-state index >= 15 is 0 Å². The zero-order valence-electron chi connectivity index (χ0n) is 11.4. The summed E-state index contributed by atoms with van der Waals surface area (Å²) < 4.78 is 5.55. The minimum absolute atomic E-state index is 0.0183. The topological polar surface area (TPSA) is 44.3 Å². The van der Waals surface area contributed by atoms with Gasteiger partial charge in [0.25, 0.3) is 0 Å². The summed E-state index contributed by atoms with van der Waals surface area (Å²) in [6, 6.07) is 5.61. The molecule has 2 aromatic rings. The molecule has 0 N–H and O–H groups in total. The van der Waals surface area contributed by atoms with E-state index in [4.69, 9.17) is 16.0 Å². The summed E-state index contributed by atoms with van der Waals surface area (Å²) >= 11 is 6.14. The molecule has 1 heterocycles. The quantitative estimate of drug-likeness (QED) is 0.767. The third-order valence-corrected chi connectivity index (χ3v) is 3.28. The second-order valence-electron chi connectivity index (χ2n) is 4.59. The molecule has 0 atom stereocenters. The third kappa shape index (κ3) is 2.66. The first-order chi connectivity index (χ1) is 8.90. The number of nitrogens with zero attached hydrogens (tertiary/aromatic N) is 1. The van der Waals surface area contributed by atoms with Gasteiger partial charge in [-0.15, -0.1) is 0 Å². The van der Waals surface area contributed by atoms with E-state index in [1.165, 1.54) is 6.92 Å². The molecule has 0 aliphatic rings. The number of benzene rings is 1. The summed E-state index contributed by atoms with van der Waals surface area (Å²) in [5.74, 6) is 1.01. The largest absolute Gasteiger partial charge is 0.443 e. The van der Waals surface area contributed by atoms with Crippen LogP contribution < -0.4 is 5.32 Å². The number of carbonyl (C=O) groups excluding carboxylic acids is 1. The second kappa shape index (κ2) is 5.10. The average Bonchev–Trinajstić information content (AvgIpc) is 2.58. The molecule has 1 aromatic heterocycles. The number of rotatable bonds is 3. The summed E-state index contributed by atoms with van der Waals surface area (Å²) in [6.45, 7) is 7.08. The summed E-state index contributed by atoms with van der Waals surface area (Å²) in [5.41, 5.74) is 3.06. The highest BCUT2D eigenvalue weighted by Gasteiger charge is 2.19. The van der Waals surface area contributed by atoms with Crippen LogP contribution in [0.1, 0.15) is 34.2 Å². The molecule has 4 heteroatoms. The summed E-state index contributed by atoms with van der Waals surface area (Å²) in [7, 11) is 0. The van der Waals surface area contributed by atoms with Crippen molar-refractivity contribution in [2.45, 2.75) is 27.7 Å². The molecule has 1 radical (unpaired) electrons. The first-order valence-electron chi connectivity index (χ1n) is 5.99. The van der Waals surface area contributed by atoms with E-state index < -0.39 is 0 Å². The lowest BCUT2D eigenvalue weighted by molar-refractivity contribution is 0.101. The van der Waals surface area contributed by atoms with Crippen LogP contribution in [0.25, 0.3) is 0 Å². The van der Waals surface area contributed by atoms with Gasteiger partial charge in [-0.3, -0.25) is 4.79 Å². The fraction of sp³-hybridized carbons (Fsp3) is 0.267. The summed E-state index contributed by atoms with van der Waals surface area (Å²) in [6.07, 6.45) is 0. The van der Waals surface area contributed by atoms with Crippen molar-refractivity contribution in [3.63, 3.8) is 0 Å². The van der Waals surface area contributed by atoms with Gasteiger partial charge in [0.15, 0.2) is 5.78 Å². The van der Waals surface area contributed by atoms with Crippen LogP contribution in [0.5, 0.6) is 0 Å². The lowest BCUT2D eigenvalue weighted by Crippen LogP contribution is -1.96. The van der Waals surface area contributed by atoms with Crippen molar-refractivity contribution in [3.05, 3.63) is 45.7 Å². The van der Waals surface area contributed by atoms with E-state index in [0.29, 0.717) is 27.9 Å². The smallest absolute Gasteiger partial charge is 0.223 e. The molecule has 0 bridgehead atoms. The van der Waals surface area contributed by atoms with Crippen molar-refractivity contribution < 1.29 is 9.21 Å². The van der Waals surface area contributed by atoms with Gasteiger partial charge in [0, 0.05) is 5.56 Å². The van der Waals surface area contributed by atoms with E-state index in [2.05, 4.69) is 5.32 Å². The van der Waals surface area contributed by atoms with Gasteiger partial charge >= 0.3 is 0 Å². The van der Waals surface area contributed by atoms with Crippen LogP contribution in [0.15, 0.2) is 22.6 Å². The predicted molar refractivity (Wildman–Crippen MR) is 75.8 cm³/mol. The molecule has 0 spiro atoms. The number of ketones is 1. The Bertz CT molecular complexity index is 644. The Kier molecular flexibility index (Phi) is 3.67. The van der Waals surface area contributed by atoms with Crippen LogP contribution in [0.2, 0.25) is 5.02 Å². The van der Waals surface area contributed by atoms with E-state index in [0.717, 1.165) is 11.1 Å². The minimum atomic E-state index is -0.0183. The lowest BCUT2D eigenvalue weighted by Gasteiger charge is -2.04. The highest BCUT2D eigenvalue weighted by atomic mass is 35.5. The maximum atomic E-state index is 11.5. The molecule has 3 nitrogen and oxygen atoms in total. The molecule has 0 unspecified atom stereocenters. The number of furan rings is 1. The monoisotopic (exact) mass is 276 g/mol. The molecule has 2 rings (SSSR count). The van der Waals surface area contributed by atoms with Gasteiger partial charge in [-0.2, -0.15) is 0 Å². The van der Waals surface area contributed by atoms with Crippen molar-refractivity contribution in [3.8, 4) is 0 Å². The second-order valence-corrected chi connectivity index (χ2v) is 4.99. The number of hydrogen-bond donors (Lipinski definition) is 0. The SMILES string of the molecule is CC(=O)c1c(C)oc([N]c2ccc(C)cc2Cl)c1C. The lowest BCUT2D eigenvalue weighted by atomic mass is 10.1. The first kappa shape index (κ1) is 13.7. The Morgan fingerprint density at radius 2 is 1.95 bits per heavy atom. The maximum Gasteiger partial charge on any atom is 0.223 e. The zero-order chi connectivity index (χ0) is 14.2. The number of aryl methyl sites for hydroxylation is 2. The Morgan fingerprint density at radius 1 is 1.26 bits per heavy atom. The van der Waals surface area contributed by atoms with Gasteiger partial charge in [-0.05, 0) is 45.4 Å². The van der Waals surface area contributed by atoms with Crippen LogP contribution >= 0.6 is 11.6 Å². The Labute approximate surface area is 117 Å². The van der Waals surface area contributed by atoms with E-state index in [1.807, 2.05) is 32.0 Å². The van der Waals surface area contributed by atoms with Crippen LogP contribution in [-0.4, -0.2) is 5.78 Å². The van der Waals surface area contributed by atoms with Crippen LogP contribution in [-0.2, 0) is 0 Å². The molecule has 0 aliphatic carbocycles. The minimum Gasteiger partial charge on any atom is -0.443 e. The molecule has 99 valence electrons. The van der Waals surface area contributed by atoms with Crippen molar-refractivity contribution in [2.24, 2.45) is 0 Å². The number of hydrogen-bond acceptors (Lipinski definition) is 2. The van der Waals surface area contributed by atoms with Gasteiger partial charge in [0.2, 0.25) is 5.88 Å². The molecule has 1 aromatic carbocycles. The predicted octanol–water partition coefficient (Wildman–Crippen LogP) is 4.63. The average molecular weight is 277 g/mol. The third-order valence-electron chi connectivity index (χ3n) is 2.97. The Balaban J connectivity index is 2.39. The molecular formula is C15H15ClNO2. The van der Waals surface area contributed by atoms with Gasteiger partial charge in [0.05, 0.1) is 16.3 Å². The van der Waals surface area contributed by atoms with Crippen molar-refractivity contribution in [2.75, 3.05) is 0 Å². The molecule has 0 saturated carbocycles. The fourth-order valence-electron chi connectivity index (χ4n) is 2.07.